The highest BCUT2D eigenvalue weighted by atomic mass is 79.9. The minimum Gasteiger partial charge on any atom is -0.465 e. The highest BCUT2D eigenvalue weighted by Crippen LogP contribution is 2.39. The van der Waals surface area contributed by atoms with E-state index in [4.69, 9.17) is 9.84 Å². The Morgan fingerprint density at radius 1 is 1.50 bits per heavy atom. The van der Waals surface area contributed by atoms with Gasteiger partial charge in [0.1, 0.15) is 0 Å². The highest BCUT2D eigenvalue weighted by molar-refractivity contribution is 9.10. The molecule has 0 aliphatic carbocycles. The van der Waals surface area contributed by atoms with E-state index in [-0.39, 0.29) is 6.04 Å². The number of hydrogen-bond acceptors (Lipinski definition) is 2. The molecule has 2 aliphatic heterocycles. The van der Waals surface area contributed by atoms with Crippen LogP contribution in [-0.2, 0) is 17.8 Å². The lowest BCUT2D eigenvalue weighted by Crippen LogP contribution is -2.44. The summed E-state index contributed by atoms with van der Waals surface area (Å²) in [5.41, 5.74) is 3.57. The van der Waals surface area contributed by atoms with Crippen molar-refractivity contribution in [3.8, 4) is 0 Å². The average molecular weight is 312 g/mol. The zero-order valence-electron chi connectivity index (χ0n) is 9.86. The molecule has 5 heteroatoms. The Morgan fingerprint density at radius 3 is 3.00 bits per heavy atom. The quantitative estimate of drug-likeness (QED) is 0.867. The van der Waals surface area contributed by atoms with Crippen LogP contribution in [-0.4, -0.2) is 29.3 Å². The number of nitrogens with zero attached hydrogens (tertiary/aromatic N) is 1. The third-order valence-corrected chi connectivity index (χ3v) is 4.19. The number of rotatable bonds is 1. The van der Waals surface area contributed by atoms with Crippen molar-refractivity contribution in [2.45, 2.75) is 25.5 Å². The van der Waals surface area contributed by atoms with Crippen LogP contribution in [0.4, 0.5) is 4.79 Å². The molecule has 0 aromatic heterocycles. The smallest absolute Gasteiger partial charge is 0.407 e. The van der Waals surface area contributed by atoms with Crippen LogP contribution in [0.25, 0.3) is 0 Å². The van der Waals surface area contributed by atoms with E-state index >= 15 is 0 Å². The molecular weight excluding hydrogens is 298 g/mol. The average Bonchev–Trinajstić information content (AvgIpc) is 2.26. The minimum absolute atomic E-state index is 0.00421. The van der Waals surface area contributed by atoms with Crippen molar-refractivity contribution in [3.63, 3.8) is 0 Å². The van der Waals surface area contributed by atoms with Crippen LogP contribution in [0, 0.1) is 0 Å². The summed E-state index contributed by atoms with van der Waals surface area (Å²) in [6, 6.07) is 4.15. The summed E-state index contributed by atoms with van der Waals surface area (Å²) < 4.78 is 6.53. The number of benzene rings is 1. The van der Waals surface area contributed by atoms with Gasteiger partial charge in [-0.15, -0.1) is 0 Å². The molecule has 1 atom stereocenters. The summed E-state index contributed by atoms with van der Waals surface area (Å²) in [5, 5.41) is 9.12. The number of ether oxygens (including phenoxy) is 1. The van der Waals surface area contributed by atoms with E-state index in [1.54, 1.807) is 0 Å². The monoisotopic (exact) mass is 311 g/mol. The zero-order chi connectivity index (χ0) is 12.7. The van der Waals surface area contributed by atoms with Gasteiger partial charge < -0.3 is 14.7 Å². The maximum Gasteiger partial charge on any atom is 0.407 e. The first-order chi connectivity index (χ1) is 8.66. The first-order valence-corrected chi connectivity index (χ1v) is 6.84. The summed E-state index contributed by atoms with van der Waals surface area (Å²) in [4.78, 5) is 12.6. The number of likely N-dealkylation sites (tertiary alicyclic amines) is 1. The fourth-order valence-electron chi connectivity index (χ4n) is 2.71. The molecule has 4 nitrogen and oxygen atoms in total. The molecule has 96 valence electrons. The van der Waals surface area contributed by atoms with Crippen molar-refractivity contribution < 1.29 is 14.6 Å². The van der Waals surface area contributed by atoms with Gasteiger partial charge in [0, 0.05) is 11.0 Å². The van der Waals surface area contributed by atoms with Crippen molar-refractivity contribution in [2.75, 3.05) is 13.2 Å². The van der Waals surface area contributed by atoms with Crippen LogP contribution in [0.15, 0.2) is 16.6 Å². The van der Waals surface area contributed by atoms with Gasteiger partial charge in [0.2, 0.25) is 0 Å². The van der Waals surface area contributed by atoms with Gasteiger partial charge in [-0.2, -0.15) is 0 Å². The molecule has 1 aromatic rings. The van der Waals surface area contributed by atoms with Crippen molar-refractivity contribution in [2.24, 2.45) is 0 Å². The van der Waals surface area contributed by atoms with Crippen LogP contribution >= 0.6 is 15.9 Å². The Balaban J connectivity index is 2.01. The molecule has 1 unspecified atom stereocenters. The number of amides is 1. The first-order valence-electron chi connectivity index (χ1n) is 6.05. The molecule has 1 N–H and O–H groups in total. The first kappa shape index (κ1) is 12.0. The van der Waals surface area contributed by atoms with Crippen LogP contribution < -0.4 is 0 Å². The predicted molar refractivity (Wildman–Crippen MR) is 69.6 cm³/mol. The molecule has 3 rings (SSSR count). The van der Waals surface area contributed by atoms with Gasteiger partial charge >= 0.3 is 6.09 Å². The second kappa shape index (κ2) is 4.55. The minimum atomic E-state index is -0.836. The third-order valence-electron chi connectivity index (χ3n) is 3.73. The third kappa shape index (κ3) is 1.91. The molecule has 1 aromatic carbocycles. The SMILES string of the molecule is O=C(O)N1CCC1c1cc(Br)cc2c1COCC2. The largest absolute Gasteiger partial charge is 0.465 e. The van der Waals surface area contributed by atoms with E-state index in [0.29, 0.717) is 13.2 Å². The molecule has 2 aliphatic rings. The Bertz CT molecular complexity index is 503. The number of carboxylic acid groups (broad SMARTS) is 1. The summed E-state index contributed by atoms with van der Waals surface area (Å²) in [6.07, 6.45) is 0.966. The van der Waals surface area contributed by atoms with E-state index < -0.39 is 6.09 Å². The molecule has 2 heterocycles. The fraction of sp³-hybridized carbons (Fsp3) is 0.462. The van der Waals surface area contributed by atoms with Crippen molar-refractivity contribution in [3.05, 3.63) is 33.3 Å². The van der Waals surface area contributed by atoms with Crippen LogP contribution in [0.2, 0.25) is 0 Å². The number of fused-ring (bicyclic) bond motifs is 1. The second-order valence-electron chi connectivity index (χ2n) is 4.72. The predicted octanol–water partition coefficient (Wildman–Crippen LogP) is 2.95. The summed E-state index contributed by atoms with van der Waals surface area (Å²) in [7, 11) is 0. The Hall–Kier alpha value is -1.07. The van der Waals surface area contributed by atoms with Gasteiger partial charge in [-0.25, -0.2) is 4.79 Å². The summed E-state index contributed by atoms with van der Waals surface area (Å²) in [5.74, 6) is 0. The molecule has 1 amide bonds. The van der Waals surface area contributed by atoms with Gasteiger partial charge in [-0.3, -0.25) is 0 Å². The van der Waals surface area contributed by atoms with E-state index in [0.717, 1.165) is 29.5 Å². The van der Waals surface area contributed by atoms with Crippen LogP contribution in [0.3, 0.4) is 0 Å². The molecular formula is C13H14BrNO3. The van der Waals surface area contributed by atoms with E-state index in [2.05, 4.69) is 22.0 Å². The maximum absolute atomic E-state index is 11.1. The van der Waals surface area contributed by atoms with E-state index in [1.807, 2.05) is 6.07 Å². The molecule has 0 radical (unpaired) electrons. The van der Waals surface area contributed by atoms with Gasteiger partial charge in [0.15, 0.2) is 0 Å². The summed E-state index contributed by atoms with van der Waals surface area (Å²) >= 11 is 3.51. The molecule has 1 fully saturated rings. The van der Waals surface area contributed by atoms with Crippen molar-refractivity contribution in [1.29, 1.82) is 0 Å². The van der Waals surface area contributed by atoms with Gasteiger partial charge in [-0.1, -0.05) is 15.9 Å². The Labute approximate surface area is 114 Å². The van der Waals surface area contributed by atoms with Gasteiger partial charge in [0.25, 0.3) is 0 Å². The topological polar surface area (TPSA) is 49.8 Å². The number of carbonyl (C=O) groups is 1. The maximum atomic E-state index is 11.1. The number of hydrogen-bond donors (Lipinski definition) is 1. The highest BCUT2D eigenvalue weighted by Gasteiger charge is 2.35. The van der Waals surface area contributed by atoms with E-state index in [9.17, 15) is 4.79 Å². The summed E-state index contributed by atoms with van der Waals surface area (Å²) in [6.45, 7) is 1.97. The molecule has 0 saturated carbocycles. The lowest BCUT2D eigenvalue weighted by Gasteiger charge is -2.40. The van der Waals surface area contributed by atoms with Crippen LogP contribution in [0.1, 0.15) is 29.2 Å². The second-order valence-corrected chi connectivity index (χ2v) is 5.63. The lowest BCUT2D eigenvalue weighted by molar-refractivity contribution is 0.0706. The number of halogens is 1. The molecule has 0 spiro atoms. The molecule has 18 heavy (non-hydrogen) atoms. The molecule has 1 saturated heterocycles. The standard InChI is InChI=1S/C13H14BrNO3/c14-9-5-8-2-4-18-7-11(8)10(6-9)12-1-3-15(12)13(16)17/h5-6,12H,1-4,7H2,(H,16,17). The van der Waals surface area contributed by atoms with Gasteiger partial charge in [-0.05, 0) is 41.7 Å². The molecule has 0 bridgehead atoms. The zero-order valence-corrected chi connectivity index (χ0v) is 11.4. The van der Waals surface area contributed by atoms with Crippen molar-refractivity contribution >= 4 is 22.0 Å². The van der Waals surface area contributed by atoms with Gasteiger partial charge in [0.05, 0.1) is 19.3 Å². The lowest BCUT2D eigenvalue weighted by atomic mass is 9.88. The Morgan fingerprint density at radius 2 is 2.33 bits per heavy atom. The fourth-order valence-corrected chi connectivity index (χ4v) is 3.23. The normalized spacial score (nSPS) is 22.3. The van der Waals surface area contributed by atoms with Crippen LogP contribution in [0.5, 0.6) is 0 Å². The van der Waals surface area contributed by atoms with E-state index in [1.165, 1.54) is 16.0 Å². The Kier molecular flexibility index (Phi) is 3.03. The van der Waals surface area contributed by atoms with Crippen molar-refractivity contribution in [1.82, 2.24) is 4.90 Å².